The van der Waals surface area contributed by atoms with E-state index in [2.05, 4.69) is 13.5 Å². The molecule has 2 aliphatic rings. The highest BCUT2D eigenvalue weighted by atomic mass is 19.2. The van der Waals surface area contributed by atoms with Crippen molar-refractivity contribution < 1.29 is 27.0 Å². The summed E-state index contributed by atoms with van der Waals surface area (Å²) in [6.07, 6.45) is 10.6. The number of hydrogen-bond acceptors (Lipinski definition) is 2. The maximum Gasteiger partial charge on any atom is 0.167 e. The minimum absolute atomic E-state index is 0.0978. The maximum absolute atomic E-state index is 15.1. The monoisotopic (exact) mass is 518 g/mol. The normalized spacial score (nSPS) is 24.2. The van der Waals surface area contributed by atoms with Gasteiger partial charge >= 0.3 is 0 Å². The third-order valence-electron chi connectivity index (χ3n) is 7.96. The largest absolute Gasteiger partial charge is 0.378 e. The molecule has 0 aliphatic carbocycles. The molecule has 2 heterocycles. The van der Waals surface area contributed by atoms with Gasteiger partial charge in [-0.05, 0) is 74.8 Å². The van der Waals surface area contributed by atoms with E-state index in [1.54, 1.807) is 0 Å². The molecule has 0 aromatic heterocycles. The van der Waals surface area contributed by atoms with E-state index in [4.69, 9.17) is 9.47 Å². The van der Waals surface area contributed by atoms with Gasteiger partial charge in [-0.2, -0.15) is 0 Å². The van der Waals surface area contributed by atoms with Gasteiger partial charge in [0.25, 0.3) is 0 Å². The molecule has 0 N–H and O–H groups in total. The standard InChI is InChI=1S/C31H38F4O2/c1-3-5-7-24-14-11-22(19-37-24)25-16-17-27(31(35)29(25)33)26-15-12-21(28(32)30(26)34)10-8-20-9-13-23(6-4-2)36-18-20/h3,12,15-17,20,22-24H,1,4-11,13-14,18-19H2,2H3. The number of rotatable bonds is 10. The Kier molecular flexibility index (Phi) is 9.83. The van der Waals surface area contributed by atoms with Crippen LogP contribution in [-0.2, 0) is 15.9 Å². The van der Waals surface area contributed by atoms with E-state index in [1.165, 1.54) is 24.3 Å². The Hall–Kier alpha value is -2.18. The zero-order valence-corrected chi connectivity index (χ0v) is 21.7. The SMILES string of the molecule is C=CCCC1CCC(c2ccc(-c3ccc(CCC4CCC(CCC)OC4)c(F)c3F)c(F)c2F)CO1. The Morgan fingerprint density at radius 1 is 0.784 bits per heavy atom. The summed E-state index contributed by atoms with van der Waals surface area (Å²) in [6.45, 7) is 6.80. The van der Waals surface area contributed by atoms with Crippen LogP contribution in [-0.4, -0.2) is 25.4 Å². The number of hydrogen-bond donors (Lipinski definition) is 0. The Bertz CT molecular complexity index is 1050. The predicted octanol–water partition coefficient (Wildman–Crippen LogP) is 8.67. The fraction of sp³-hybridized carbons (Fsp3) is 0.548. The van der Waals surface area contributed by atoms with E-state index >= 15 is 13.2 Å². The molecular weight excluding hydrogens is 480 g/mol. The third-order valence-corrected chi connectivity index (χ3v) is 7.96. The van der Waals surface area contributed by atoms with Crippen LogP contribution in [0, 0.1) is 29.2 Å². The third kappa shape index (κ3) is 6.64. The first-order chi connectivity index (χ1) is 17.9. The molecule has 0 saturated carbocycles. The van der Waals surface area contributed by atoms with E-state index in [-0.39, 0.29) is 34.3 Å². The number of allylic oxidation sites excluding steroid dienone is 1. The fourth-order valence-electron chi connectivity index (χ4n) is 5.66. The first-order valence-corrected chi connectivity index (χ1v) is 13.7. The molecule has 2 saturated heterocycles. The van der Waals surface area contributed by atoms with Gasteiger partial charge in [0.15, 0.2) is 23.3 Å². The zero-order chi connectivity index (χ0) is 26.4. The summed E-state index contributed by atoms with van der Waals surface area (Å²) < 4.78 is 71.9. The number of halogens is 4. The van der Waals surface area contributed by atoms with Crippen LogP contribution < -0.4 is 0 Å². The van der Waals surface area contributed by atoms with Crippen molar-refractivity contribution in [2.45, 2.75) is 89.3 Å². The Balaban J connectivity index is 1.42. The van der Waals surface area contributed by atoms with Gasteiger partial charge in [-0.15, -0.1) is 6.58 Å². The van der Waals surface area contributed by atoms with E-state index in [1.807, 2.05) is 6.08 Å². The molecule has 0 bridgehead atoms. The van der Waals surface area contributed by atoms with Crippen LogP contribution in [0.2, 0.25) is 0 Å². The highest BCUT2D eigenvalue weighted by Gasteiger charge is 2.28. The predicted molar refractivity (Wildman–Crippen MR) is 139 cm³/mol. The summed E-state index contributed by atoms with van der Waals surface area (Å²) in [6, 6.07) is 5.67. The van der Waals surface area contributed by atoms with E-state index in [0.717, 1.165) is 44.9 Å². The lowest BCUT2D eigenvalue weighted by molar-refractivity contribution is -0.0218. The average Bonchev–Trinajstić information content (AvgIpc) is 2.92. The average molecular weight is 519 g/mol. The lowest BCUT2D eigenvalue weighted by atomic mass is 9.88. The Labute approximate surface area is 218 Å². The van der Waals surface area contributed by atoms with Crippen LogP contribution in [0.3, 0.4) is 0 Å². The second-order valence-corrected chi connectivity index (χ2v) is 10.6. The van der Waals surface area contributed by atoms with Crippen molar-refractivity contribution >= 4 is 0 Å². The van der Waals surface area contributed by atoms with Gasteiger partial charge < -0.3 is 9.47 Å². The molecule has 0 amide bonds. The molecule has 2 fully saturated rings. The van der Waals surface area contributed by atoms with Gasteiger partial charge in [-0.1, -0.05) is 43.7 Å². The smallest absolute Gasteiger partial charge is 0.167 e. The molecule has 6 heteroatoms. The van der Waals surface area contributed by atoms with Crippen molar-refractivity contribution in [3.8, 4) is 11.1 Å². The van der Waals surface area contributed by atoms with Crippen molar-refractivity contribution in [2.75, 3.05) is 13.2 Å². The van der Waals surface area contributed by atoms with Gasteiger partial charge in [-0.25, -0.2) is 17.6 Å². The molecule has 202 valence electrons. The lowest BCUT2D eigenvalue weighted by Crippen LogP contribution is -2.26. The summed E-state index contributed by atoms with van der Waals surface area (Å²) >= 11 is 0. The Morgan fingerprint density at radius 3 is 2.11 bits per heavy atom. The summed E-state index contributed by atoms with van der Waals surface area (Å²) in [5.41, 5.74) is -0.0685. The van der Waals surface area contributed by atoms with Crippen molar-refractivity contribution in [1.29, 1.82) is 0 Å². The van der Waals surface area contributed by atoms with E-state index in [9.17, 15) is 4.39 Å². The Morgan fingerprint density at radius 2 is 1.46 bits per heavy atom. The fourth-order valence-corrected chi connectivity index (χ4v) is 5.66. The van der Waals surface area contributed by atoms with Crippen LogP contribution in [0.15, 0.2) is 36.9 Å². The van der Waals surface area contributed by atoms with Gasteiger partial charge in [0.1, 0.15) is 0 Å². The molecule has 4 rings (SSSR count). The maximum atomic E-state index is 15.1. The highest BCUT2D eigenvalue weighted by Crippen LogP contribution is 2.36. The molecule has 4 unspecified atom stereocenters. The lowest BCUT2D eigenvalue weighted by Gasteiger charge is -2.29. The summed E-state index contributed by atoms with van der Waals surface area (Å²) in [4.78, 5) is 0. The topological polar surface area (TPSA) is 18.5 Å². The molecule has 2 aromatic carbocycles. The summed E-state index contributed by atoms with van der Waals surface area (Å²) in [7, 11) is 0. The van der Waals surface area contributed by atoms with Crippen LogP contribution in [0.4, 0.5) is 17.6 Å². The van der Waals surface area contributed by atoms with Crippen LogP contribution in [0.25, 0.3) is 11.1 Å². The second-order valence-electron chi connectivity index (χ2n) is 10.6. The minimum Gasteiger partial charge on any atom is -0.378 e. The number of benzene rings is 2. The second kappa shape index (κ2) is 13.1. The first-order valence-electron chi connectivity index (χ1n) is 13.7. The summed E-state index contributed by atoms with van der Waals surface area (Å²) in [5.74, 6) is -4.26. The van der Waals surface area contributed by atoms with Gasteiger partial charge in [-0.3, -0.25) is 0 Å². The molecule has 0 radical (unpaired) electrons. The van der Waals surface area contributed by atoms with Gasteiger partial charge in [0.2, 0.25) is 0 Å². The first kappa shape index (κ1) is 27.8. The summed E-state index contributed by atoms with van der Waals surface area (Å²) in [5, 5.41) is 0. The van der Waals surface area contributed by atoms with Crippen molar-refractivity contribution in [3.63, 3.8) is 0 Å². The molecule has 0 spiro atoms. The highest BCUT2D eigenvalue weighted by molar-refractivity contribution is 5.66. The molecule has 2 aromatic rings. The number of aryl methyl sites for hydroxylation is 1. The minimum atomic E-state index is -1.15. The molecular formula is C31H38F4O2. The molecule has 37 heavy (non-hydrogen) atoms. The van der Waals surface area contributed by atoms with Crippen molar-refractivity contribution in [3.05, 3.63) is 71.3 Å². The van der Waals surface area contributed by atoms with Crippen molar-refractivity contribution in [2.24, 2.45) is 5.92 Å². The molecule has 2 nitrogen and oxygen atoms in total. The van der Waals surface area contributed by atoms with Crippen LogP contribution >= 0.6 is 0 Å². The quantitative estimate of drug-likeness (QED) is 0.231. The van der Waals surface area contributed by atoms with E-state index in [0.29, 0.717) is 44.5 Å². The van der Waals surface area contributed by atoms with Crippen LogP contribution in [0.1, 0.15) is 81.8 Å². The zero-order valence-electron chi connectivity index (χ0n) is 21.7. The van der Waals surface area contributed by atoms with Gasteiger partial charge in [0, 0.05) is 23.7 Å². The number of ether oxygens (including phenoxy) is 2. The van der Waals surface area contributed by atoms with Gasteiger partial charge in [0.05, 0.1) is 18.8 Å². The molecule has 2 aliphatic heterocycles. The van der Waals surface area contributed by atoms with E-state index < -0.39 is 23.3 Å². The van der Waals surface area contributed by atoms with Crippen LogP contribution in [0.5, 0.6) is 0 Å². The van der Waals surface area contributed by atoms with Crippen molar-refractivity contribution in [1.82, 2.24) is 0 Å². The molecule has 4 atom stereocenters.